The van der Waals surface area contributed by atoms with Gasteiger partial charge < -0.3 is 0 Å². The van der Waals surface area contributed by atoms with E-state index in [0.29, 0.717) is 0 Å². The molecule has 0 atom stereocenters. The molecule has 1 aliphatic heterocycles. The van der Waals surface area contributed by atoms with Gasteiger partial charge in [-0.3, -0.25) is 9.69 Å². The Kier molecular flexibility index (Phi) is 7.60. The Hall–Kier alpha value is -2.45. The Morgan fingerprint density at radius 3 is 1.48 bits per heavy atom. The molecule has 0 unspecified atom stereocenters. The predicted octanol–water partition coefficient (Wildman–Crippen LogP) is 5.96. The lowest BCUT2D eigenvalue weighted by molar-refractivity contribution is -0.113. The number of likely N-dealkylation sites (tertiary alicyclic amines) is 1. The van der Waals surface area contributed by atoms with Gasteiger partial charge in [-0.1, -0.05) is 82.1 Å². The van der Waals surface area contributed by atoms with E-state index in [-0.39, 0.29) is 5.78 Å². The highest BCUT2D eigenvalue weighted by molar-refractivity contribution is 6.14. The first kappa shape index (κ1) is 21.3. The second kappa shape index (κ2) is 10.4. The first-order valence-corrected chi connectivity index (χ1v) is 11.0. The van der Waals surface area contributed by atoms with Gasteiger partial charge in [0.25, 0.3) is 0 Å². The number of rotatable bonds is 7. The largest absolute Gasteiger partial charge is 0.295 e. The summed E-state index contributed by atoms with van der Waals surface area (Å²) in [5.74, 6) is 0.185. The second-order valence-electron chi connectivity index (χ2n) is 7.95. The van der Waals surface area contributed by atoms with Gasteiger partial charge >= 0.3 is 0 Å². The van der Waals surface area contributed by atoms with Gasteiger partial charge in [0.15, 0.2) is 5.78 Å². The molecule has 2 aromatic carbocycles. The molecule has 0 aliphatic carbocycles. The third kappa shape index (κ3) is 5.77. The van der Waals surface area contributed by atoms with Crippen molar-refractivity contribution < 1.29 is 4.79 Å². The maximum Gasteiger partial charge on any atom is 0.187 e. The van der Waals surface area contributed by atoms with Crippen LogP contribution in [0, 0.1) is 0 Å². The molecule has 2 nitrogen and oxygen atoms in total. The number of hydrogen-bond donors (Lipinski definition) is 0. The molecule has 3 rings (SSSR count). The quantitative estimate of drug-likeness (QED) is 0.546. The molecule has 152 valence electrons. The van der Waals surface area contributed by atoms with Crippen molar-refractivity contribution in [2.45, 2.75) is 46.5 Å². The van der Waals surface area contributed by atoms with Crippen molar-refractivity contribution in [2.75, 3.05) is 19.6 Å². The number of nitrogens with zero attached hydrogens (tertiary/aromatic N) is 1. The summed E-state index contributed by atoms with van der Waals surface area (Å²) in [7, 11) is 0. The molecule has 1 heterocycles. The van der Waals surface area contributed by atoms with Crippen LogP contribution in [0.1, 0.15) is 55.9 Å². The van der Waals surface area contributed by atoms with Crippen LogP contribution in [-0.2, 0) is 17.6 Å². The minimum Gasteiger partial charge on any atom is -0.295 e. The lowest BCUT2D eigenvalue weighted by Gasteiger charge is -2.28. The van der Waals surface area contributed by atoms with E-state index in [0.717, 1.165) is 67.6 Å². The van der Waals surface area contributed by atoms with Crippen molar-refractivity contribution >= 4 is 17.9 Å². The molecule has 0 aromatic heterocycles. The van der Waals surface area contributed by atoms with Gasteiger partial charge in [-0.15, -0.1) is 0 Å². The molecule has 0 N–H and O–H groups in total. The monoisotopic (exact) mass is 387 g/mol. The molecule has 2 aromatic rings. The van der Waals surface area contributed by atoms with Crippen molar-refractivity contribution in [1.29, 1.82) is 0 Å². The lowest BCUT2D eigenvalue weighted by Crippen LogP contribution is -2.37. The van der Waals surface area contributed by atoms with Gasteiger partial charge in [0.1, 0.15) is 0 Å². The van der Waals surface area contributed by atoms with E-state index in [1.165, 1.54) is 11.1 Å². The van der Waals surface area contributed by atoms with Crippen molar-refractivity contribution in [1.82, 2.24) is 4.90 Å². The Morgan fingerprint density at radius 1 is 0.724 bits per heavy atom. The fourth-order valence-electron chi connectivity index (χ4n) is 3.87. The minimum absolute atomic E-state index is 0.185. The first-order valence-electron chi connectivity index (χ1n) is 11.0. The highest BCUT2D eigenvalue weighted by Crippen LogP contribution is 2.22. The first-order chi connectivity index (χ1) is 14.1. The van der Waals surface area contributed by atoms with Crippen LogP contribution < -0.4 is 0 Å². The van der Waals surface area contributed by atoms with E-state index in [9.17, 15) is 4.79 Å². The molecule has 0 bridgehead atoms. The predicted molar refractivity (Wildman–Crippen MR) is 124 cm³/mol. The Bertz CT molecular complexity index is 800. The van der Waals surface area contributed by atoms with E-state index >= 15 is 0 Å². The van der Waals surface area contributed by atoms with Crippen molar-refractivity contribution in [3.63, 3.8) is 0 Å². The number of Topliss-reactive ketones (excluding diaryl/α,β-unsaturated/α-hetero) is 1. The average Bonchev–Trinajstić information content (AvgIpc) is 2.74. The number of aryl methyl sites for hydroxylation is 2. The van der Waals surface area contributed by atoms with Crippen LogP contribution in [0.2, 0.25) is 0 Å². The fraction of sp³-hybridized carbons (Fsp3) is 0.370. The van der Waals surface area contributed by atoms with Crippen LogP contribution in [0.5, 0.6) is 0 Å². The standard InChI is InChI=1S/C27H33NO/c1-4-7-21-9-13-23(14-10-21)17-25-19-28(6-3)20-26(27(25)29)18-24-15-11-22(8-5-2)12-16-24/h9-18H,4-8,19-20H2,1-3H3. The van der Waals surface area contributed by atoms with Crippen LogP contribution in [0.4, 0.5) is 0 Å². The molecule has 1 saturated heterocycles. The Balaban J connectivity index is 1.84. The molecule has 0 radical (unpaired) electrons. The van der Waals surface area contributed by atoms with Crippen LogP contribution in [0.25, 0.3) is 12.2 Å². The van der Waals surface area contributed by atoms with E-state index in [1.54, 1.807) is 0 Å². The van der Waals surface area contributed by atoms with Crippen LogP contribution >= 0.6 is 0 Å². The van der Waals surface area contributed by atoms with Gasteiger partial charge in [-0.2, -0.15) is 0 Å². The number of benzene rings is 2. The fourth-order valence-corrected chi connectivity index (χ4v) is 3.87. The zero-order valence-electron chi connectivity index (χ0n) is 18.1. The third-order valence-corrected chi connectivity index (χ3v) is 5.54. The summed E-state index contributed by atoms with van der Waals surface area (Å²) in [4.78, 5) is 15.5. The molecule has 2 heteroatoms. The Morgan fingerprint density at radius 2 is 1.14 bits per heavy atom. The smallest absolute Gasteiger partial charge is 0.187 e. The molecule has 29 heavy (non-hydrogen) atoms. The van der Waals surface area contributed by atoms with Crippen LogP contribution in [-0.4, -0.2) is 30.3 Å². The second-order valence-corrected chi connectivity index (χ2v) is 7.95. The van der Waals surface area contributed by atoms with Gasteiger partial charge in [0.05, 0.1) is 0 Å². The van der Waals surface area contributed by atoms with Crippen molar-refractivity contribution in [3.05, 3.63) is 81.9 Å². The maximum absolute atomic E-state index is 13.2. The zero-order valence-corrected chi connectivity index (χ0v) is 18.1. The number of carbonyl (C=O) groups is 1. The van der Waals surface area contributed by atoms with Gasteiger partial charge in [0, 0.05) is 24.2 Å². The molecule has 1 aliphatic rings. The van der Waals surface area contributed by atoms with E-state index in [1.807, 2.05) is 0 Å². The number of ketones is 1. The highest BCUT2D eigenvalue weighted by Gasteiger charge is 2.25. The summed E-state index contributed by atoms with van der Waals surface area (Å²) in [5.41, 5.74) is 6.69. The van der Waals surface area contributed by atoms with Crippen molar-refractivity contribution in [3.8, 4) is 0 Å². The summed E-state index contributed by atoms with van der Waals surface area (Å²) in [6.07, 6.45) is 8.64. The summed E-state index contributed by atoms with van der Waals surface area (Å²) in [6.45, 7) is 8.93. The topological polar surface area (TPSA) is 20.3 Å². The summed E-state index contributed by atoms with van der Waals surface area (Å²) >= 11 is 0. The van der Waals surface area contributed by atoms with Gasteiger partial charge in [-0.25, -0.2) is 0 Å². The van der Waals surface area contributed by atoms with E-state index < -0.39 is 0 Å². The number of likely N-dealkylation sites (N-methyl/N-ethyl adjacent to an activating group) is 1. The molecular weight excluding hydrogens is 354 g/mol. The number of piperidine rings is 1. The van der Waals surface area contributed by atoms with Crippen molar-refractivity contribution in [2.24, 2.45) is 0 Å². The summed E-state index contributed by atoms with van der Waals surface area (Å²) in [5, 5.41) is 0. The summed E-state index contributed by atoms with van der Waals surface area (Å²) < 4.78 is 0. The zero-order chi connectivity index (χ0) is 20.6. The van der Waals surface area contributed by atoms with Crippen LogP contribution in [0.3, 0.4) is 0 Å². The highest BCUT2D eigenvalue weighted by atomic mass is 16.1. The normalized spacial score (nSPS) is 18.0. The molecule has 1 fully saturated rings. The Labute approximate surface area is 175 Å². The minimum atomic E-state index is 0.185. The molecular formula is C27H33NO. The lowest BCUT2D eigenvalue weighted by atomic mass is 9.93. The van der Waals surface area contributed by atoms with E-state index in [2.05, 4.69) is 86.4 Å². The SMILES string of the molecule is CCCc1ccc(C=C2CN(CC)CC(=Cc3ccc(CCC)cc3)C2=O)cc1. The third-order valence-electron chi connectivity index (χ3n) is 5.54. The summed E-state index contributed by atoms with van der Waals surface area (Å²) in [6, 6.07) is 17.2. The maximum atomic E-state index is 13.2. The van der Waals surface area contributed by atoms with Gasteiger partial charge in [-0.05, 0) is 53.8 Å². The molecule has 0 spiro atoms. The number of carbonyl (C=O) groups excluding carboxylic acids is 1. The average molecular weight is 388 g/mol. The molecule has 0 saturated carbocycles. The van der Waals surface area contributed by atoms with Crippen LogP contribution in [0.15, 0.2) is 59.7 Å². The van der Waals surface area contributed by atoms with Gasteiger partial charge in [0.2, 0.25) is 0 Å². The van der Waals surface area contributed by atoms with E-state index in [4.69, 9.17) is 0 Å². The molecule has 0 amide bonds. The number of hydrogen-bond acceptors (Lipinski definition) is 2.